The first-order valence-corrected chi connectivity index (χ1v) is 13.7. The third-order valence-electron chi connectivity index (χ3n) is 7.50. The highest BCUT2D eigenvalue weighted by Gasteiger charge is 2.57. The predicted molar refractivity (Wildman–Crippen MR) is 155 cm³/mol. The van der Waals surface area contributed by atoms with E-state index >= 15 is 0 Å². The Bertz CT molecular complexity index is 1570. The molecule has 0 unspecified atom stereocenters. The molecule has 7 heteroatoms. The van der Waals surface area contributed by atoms with Crippen molar-refractivity contribution in [1.29, 1.82) is 0 Å². The zero-order valence-corrected chi connectivity index (χ0v) is 22.5. The topological polar surface area (TPSA) is 88.4 Å². The van der Waals surface area contributed by atoms with Crippen molar-refractivity contribution in [1.82, 2.24) is 4.90 Å². The molecule has 0 spiro atoms. The minimum atomic E-state index is -1.40. The average Bonchev–Trinajstić information content (AvgIpc) is 3.37. The molecule has 2 amide bonds. The van der Waals surface area contributed by atoms with Gasteiger partial charge in [0.25, 0.3) is 11.8 Å². The predicted octanol–water partition coefficient (Wildman–Crippen LogP) is 5.13. The van der Waals surface area contributed by atoms with Gasteiger partial charge in [0.1, 0.15) is 5.75 Å². The summed E-state index contributed by atoms with van der Waals surface area (Å²) in [6.07, 6.45) is 0.0762. The molecule has 0 saturated carbocycles. The minimum Gasteiger partial charge on any atom is -0.494 e. The number of amides is 2. The Morgan fingerprint density at radius 3 is 2.34 bits per heavy atom. The van der Waals surface area contributed by atoms with Crippen molar-refractivity contribution in [2.45, 2.75) is 31.0 Å². The molecule has 2 aliphatic heterocycles. The van der Waals surface area contributed by atoms with Gasteiger partial charge in [0.2, 0.25) is 5.90 Å². The Morgan fingerprint density at radius 2 is 1.61 bits per heavy atom. The van der Waals surface area contributed by atoms with Crippen molar-refractivity contribution in [2.24, 2.45) is 4.99 Å². The molecule has 2 heterocycles. The van der Waals surface area contributed by atoms with E-state index < -0.39 is 17.6 Å². The summed E-state index contributed by atoms with van der Waals surface area (Å²) in [5.74, 6) is 0.238. The van der Waals surface area contributed by atoms with Gasteiger partial charge < -0.3 is 14.6 Å². The number of carbonyl (C=O) groups is 2. The maximum atomic E-state index is 14.7. The number of hydrogen-bond donors (Lipinski definition) is 1. The first-order valence-electron chi connectivity index (χ1n) is 13.7. The van der Waals surface area contributed by atoms with Crippen LogP contribution in [0.3, 0.4) is 0 Å². The number of rotatable bonds is 8. The van der Waals surface area contributed by atoms with Gasteiger partial charge in [-0.25, -0.2) is 4.99 Å². The van der Waals surface area contributed by atoms with Gasteiger partial charge in [-0.2, -0.15) is 0 Å². The van der Waals surface area contributed by atoms with Crippen LogP contribution in [0.2, 0.25) is 0 Å². The largest absolute Gasteiger partial charge is 0.494 e. The van der Waals surface area contributed by atoms with Gasteiger partial charge in [-0.15, -0.1) is 0 Å². The Morgan fingerprint density at radius 1 is 0.927 bits per heavy atom. The van der Waals surface area contributed by atoms with Gasteiger partial charge in [0.15, 0.2) is 11.6 Å². The summed E-state index contributed by atoms with van der Waals surface area (Å²) in [5.41, 5.74) is 2.33. The van der Waals surface area contributed by atoms with E-state index in [1.165, 1.54) is 4.90 Å². The lowest BCUT2D eigenvalue weighted by Crippen LogP contribution is -2.51. The summed E-state index contributed by atoms with van der Waals surface area (Å²) in [6, 6.07) is 33.6. The Balaban J connectivity index is 1.46. The zero-order valence-electron chi connectivity index (χ0n) is 22.5. The monoisotopic (exact) mass is 546 g/mol. The van der Waals surface area contributed by atoms with Crippen molar-refractivity contribution in [3.05, 3.63) is 137 Å². The molecule has 206 valence electrons. The number of aliphatic hydroxyl groups excluding tert-OH is 1. The van der Waals surface area contributed by atoms with E-state index in [1.54, 1.807) is 24.3 Å². The molecule has 0 aromatic heterocycles. The fourth-order valence-corrected chi connectivity index (χ4v) is 5.46. The number of aliphatic hydroxyl groups is 1. The molecule has 6 rings (SSSR count). The summed E-state index contributed by atoms with van der Waals surface area (Å²) in [5, 5.41) is 9.03. The first-order chi connectivity index (χ1) is 20.1. The van der Waals surface area contributed by atoms with Gasteiger partial charge in [-0.05, 0) is 47.5 Å². The fraction of sp³-hybridized carbons (Fsp3) is 0.206. The van der Waals surface area contributed by atoms with Crippen LogP contribution in [-0.2, 0) is 22.5 Å². The van der Waals surface area contributed by atoms with Crippen molar-refractivity contribution < 1.29 is 24.2 Å². The number of nitrogens with zero attached hydrogens (tertiary/aromatic N) is 2. The molecule has 1 N–H and O–H groups in total. The Kier molecular flexibility index (Phi) is 7.35. The van der Waals surface area contributed by atoms with E-state index in [0.29, 0.717) is 35.8 Å². The molecule has 0 aliphatic carbocycles. The van der Waals surface area contributed by atoms with E-state index in [1.807, 2.05) is 84.9 Å². The Labute approximate surface area is 238 Å². The lowest BCUT2D eigenvalue weighted by atomic mass is 9.81. The smallest absolute Gasteiger partial charge is 0.262 e. The summed E-state index contributed by atoms with van der Waals surface area (Å²) in [7, 11) is 0. The number of imide groups is 1. The number of hydrogen-bond acceptors (Lipinski definition) is 6. The highest BCUT2D eigenvalue weighted by molar-refractivity contribution is 6.10. The number of benzene rings is 4. The van der Waals surface area contributed by atoms with Crippen LogP contribution in [0.15, 0.2) is 114 Å². The third-order valence-corrected chi connectivity index (χ3v) is 7.50. The third kappa shape index (κ3) is 5.12. The second-order valence-electron chi connectivity index (χ2n) is 10.2. The zero-order chi connectivity index (χ0) is 28.2. The fourth-order valence-electron chi connectivity index (χ4n) is 5.46. The number of aliphatic imine (C=N–C) groups is 1. The molecule has 4 aromatic rings. The molecule has 4 aromatic carbocycles. The van der Waals surface area contributed by atoms with E-state index in [4.69, 9.17) is 19.6 Å². The van der Waals surface area contributed by atoms with Crippen molar-refractivity contribution in [3.8, 4) is 5.75 Å². The van der Waals surface area contributed by atoms with Crippen molar-refractivity contribution >= 4 is 17.7 Å². The maximum Gasteiger partial charge on any atom is 0.262 e. The molecule has 0 saturated heterocycles. The highest BCUT2D eigenvalue weighted by atomic mass is 16.5. The molecule has 0 bridgehead atoms. The van der Waals surface area contributed by atoms with Crippen LogP contribution < -0.4 is 4.74 Å². The SMILES string of the molecule is O=C(c1ccccc1)N1Cc2ccccc2[C@H]2OC(c3ccc(OCCCO)cc3)=N[C@@]2(Cc2ccccc2)C1=O. The Hall–Kier alpha value is -4.75. The van der Waals surface area contributed by atoms with Crippen LogP contribution in [-0.4, -0.2) is 46.5 Å². The standard InChI is InChI=1S/C34H30N2O5/c37-20-9-21-40-28-18-16-25(17-19-28)31-35-34(22-24-10-3-1-4-11-24)30(41-31)29-15-8-7-14-27(29)23-36(33(34)39)32(38)26-12-5-2-6-13-26/h1-8,10-19,30,37H,9,20-23H2/t30-,34-/m1/s1. The number of ether oxygens (including phenoxy) is 2. The van der Waals surface area contributed by atoms with Gasteiger partial charge in [-0.1, -0.05) is 72.8 Å². The number of fused-ring (bicyclic) bond motifs is 3. The quantitative estimate of drug-likeness (QED) is 0.245. The number of carbonyl (C=O) groups excluding carboxylic acids is 2. The molecule has 7 nitrogen and oxygen atoms in total. The molecule has 2 aliphatic rings. The summed E-state index contributed by atoms with van der Waals surface area (Å²) in [4.78, 5) is 34.9. The van der Waals surface area contributed by atoms with Gasteiger partial charge in [0.05, 0.1) is 13.2 Å². The lowest BCUT2D eigenvalue weighted by molar-refractivity contribution is -0.136. The van der Waals surface area contributed by atoms with Crippen LogP contribution >= 0.6 is 0 Å². The molecule has 0 radical (unpaired) electrons. The maximum absolute atomic E-state index is 14.7. The van der Waals surface area contributed by atoms with Crippen molar-refractivity contribution in [2.75, 3.05) is 13.2 Å². The van der Waals surface area contributed by atoms with Gasteiger partial charge in [0, 0.05) is 36.1 Å². The van der Waals surface area contributed by atoms with E-state index in [2.05, 4.69) is 0 Å². The lowest BCUT2D eigenvalue weighted by Gasteiger charge is -2.31. The van der Waals surface area contributed by atoms with Crippen LogP contribution in [0.4, 0.5) is 0 Å². The molecular formula is C34H30N2O5. The van der Waals surface area contributed by atoms with E-state index in [0.717, 1.165) is 16.7 Å². The van der Waals surface area contributed by atoms with E-state index in [9.17, 15) is 9.59 Å². The normalized spacial score (nSPS) is 19.4. The van der Waals surface area contributed by atoms with E-state index in [-0.39, 0.29) is 25.5 Å². The first kappa shape index (κ1) is 26.5. The van der Waals surface area contributed by atoms with Crippen LogP contribution in [0.25, 0.3) is 0 Å². The van der Waals surface area contributed by atoms with Crippen molar-refractivity contribution in [3.63, 3.8) is 0 Å². The van der Waals surface area contributed by atoms with Crippen LogP contribution in [0.5, 0.6) is 5.75 Å². The molecular weight excluding hydrogens is 516 g/mol. The van der Waals surface area contributed by atoms with Crippen LogP contribution in [0.1, 0.15) is 45.1 Å². The second-order valence-corrected chi connectivity index (χ2v) is 10.2. The minimum absolute atomic E-state index is 0.0624. The summed E-state index contributed by atoms with van der Waals surface area (Å²) < 4.78 is 12.3. The summed E-state index contributed by atoms with van der Waals surface area (Å²) >= 11 is 0. The summed E-state index contributed by atoms with van der Waals surface area (Å²) in [6.45, 7) is 0.600. The average molecular weight is 547 g/mol. The molecule has 2 atom stereocenters. The van der Waals surface area contributed by atoms with Gasteiger partial charge >= 0.3 is 0 Å². The highest BCUT2D eigenvalue weighted by Crippen LogP contribution is 2.46. The van der Waals surface area contributed by atoms with Gasteiger partial charge in [-0.3, -0.25) is 14.5 Å². The molecule has 0 fully saturated rings. The molecule has 41 heavy (non-hydrogen) atoms. The van der Waals surface area contributed by atoms with Crippen LogP contribution in [0, 0.1) is 0 Å². The second kappa shape index (κ2) is 11.4.